The van der Waals surface area contributed by atoms with Crippen molar-refractivity contribution in [3.8, 4) is 5.75 Å². The predicted octanol–water partition coefficient (Wildman–Crippen LogP) is 4.18. The zero-order valence-electron chi connectivity index (χ0n) is 11.7. The number of phenolic OH excluding ortho intramolecular Hbond substituents is 1. The second kappa shape index (κ2) is 6.01. The first kappa shape index (κ1) is 15.1. The lowest BCUT2D eigenvalue weighted by molar-refractivity contribution is -0.384. The minimum absolute atomic E-state index is 0.0135. The average Bonchev–Trinajstić information content (AvgIpc) is 2.43. The van der Waals surface area contributed by atoms with Gasteiger partial charge in [-0.1, -0.05) is 23.7 Å². The van der Waals surface area contributed by atoms with E-state index in [1.165, 1.54) is 6.07 Å². The molecule has 2 N–H and O–H groups in total. The number of hydrogen-bond donors (Lipinski definition) is 2. The standard InChI is InChI=1S/C15H15ClN2O3/c1-9-6-13(14(18(20)21)7-10(9)2)17-8-11-4-3-5-12(16)15(11)19/h3-7,17,19H,8H2,1-2H3. The van der Waals surface area contributed by atoms with Crippen molar-refractivity contribution in [2.75, 3.05) is 5.32 Å². The molecule has 0 radical (unpaired) electrons. The van der Waals surface area contributed by atoms with Gasteiger partial charge < -0.3 is 10.4 Å². The first-order chi connectivity index (χ1) is 9.90. The van der Waals surface area contributed by atoms with Crippen LogP contribution in [0.3, 0.4) is 0 Å². The van der Waals surface area contributed by atoms with E-state index in [0.29, 0.717) is 11.3 Å². The van der Waals surface area contributed by atoms with Crippen LogP contribution in [0.1, 0.15) is 16.7 Å². The van der Waals surface area contributed by atoms with Crippen LogP contribution >= 0.6 is 11.6 Å². The third-order valence-corrected chi connectivity index (χ3v) is 3.65. The monoisotopic (exact) mass is 306 g/mol. The Bertz CT molecular complexity index is 702. The van der Waals surface area contributed by atoms with E-state index in [-0.39, 0.29) is 23.0 Å². The first-order valence-corrected chi connectivity index (χ1v) is 6.74. The summed E-state index contributed by atoms with van der Waals surface area (Å²) in [5, 5.41) is 24.2. The quantitative estimate of drug-likeness (QED) is 0.656. The summed E-state index contributed by atoms with van der Waals surface area (Å²) in [4.78, 5) is 10.7. The third kappa shape index (κ3) is 3.25. The number of phenols is 1. The van der Waals surface area contributed by atoms with E-state index in [1.807, 2.05) is 13.8 Å². The van der Waals surface area contributed by atoms with E-state index in [4.69, 9.17) is 11.6 Å². The number of rotatable bonds is 4. The van der Waals surface area contributed by atoms with Crippen LogP contribution in [-0.2, 0) is 6.54 Å². The van der Waals surface area contributed by atoms with Gasteiger partial charge in [0.25, 0.3) is 5.69 Å². The maximum absolute atomic E-state index is 11.1. The number of nitro benzene ring substituents is 1. The van der Waals surface area contributed by atoms with Crippen LogP contribution in [-0.4, -0.2) is 10.0 Å². The normalized spacial score (nSPS) is 10.4. The number of nitrogens with zero attached hydrogens (tertiary/aromatic N) is 1. The van der Waals surface area contributed by atoms with Gasteiger partial charge in [-0.25, -0.2) is 0 Å². The van der Waals surface area contributed by atoms with Crippen LogP contribution < -0.4 is 5.32 Å². The van der Waals surface area contributed by atoms with Crippen LogP contribution in [0.15, 0.2) is 30.3 Å². The summed E-state index contributed by atoms with van der Waals surface area (Å²) in [6.45, 7) is 3.96. The molecule has 0 aliphatic heterocycles. The zero-order valence-corrected chi connectivity index (χ0v) is 12.4. The minimum atomic E-state index is -0.424. The molecule has 5 nitrogen and oxygen atoms in total. The molecular formula is C15H15ClN2O3. The molecule has 0 aliphatic rings. The summed E-state index contributed by atoms with van der Waals surface area (Å²) in [6.07, 6.45) is 0. The maximum Gasteiger partial charge on any atom is 0.292 e. The number of nitro groups is 1. The highest BCUT2D eigenvalue weighted by atomic mass is 35.5. The zero-order chi connectivity index (χ0) is 15.6. The number of aromatic hydroxyl groups is 1. The molecule has 0 amide bonds. The number of halogens is 1. The number of hydrogen-bond acceptors (Lipinski definition) is 4. The molecule has 0 bridgehead atoms. The molecule has 0 unspecified atom stereocenters. The van der Waals surface area contributed by atoms with E-state index in [2.05, 4.69) is 5.32 Å². The van der Waals surface area contributed by atoms with Gasteiger partial charge in [0.1, 0.15) is 11.4 Å². The molecule has 2 aromatic carbocycles. The highest BCUT2D eigenvalue weighted by Gasteiger charge is 2.16. The smallest absolute Gasteiger partial charge is 0.292 e. The predicted molar refractivity (Wildman–Crippen MR) is 83.0 cm³/mol. The number of benzene rings is 2. The van der Waals surface area contributed by atoms with Gasteiger partial charge in [-0.05, 0) is 37.1 Å². The lowest BCUT2D eigenvalue weighted by Crippen LogP contribution is -2.04. The molecule has 0 aliphatic carbocycles. The number of aryl methyl sites for hydroxylation is 2. The summed E-state index contributed by atoms with van der Waals surface area (Å²) in [5.74, 6) is -0.0156. The summed E-state index contributed by atoms with van der Waals surface area (Å²) in [5.41, 5.74) is 2.83. The van der Waals surface area contributed by atoms with Crippen molar-refractivity contribution < 1.29 is 10.0 Å². The molecular weight excluding hydrogens is 292 g/mol. The first-order valence-electron chi connectivity index (χ1n) is 6.36. The van der Waals surface area contributed by atoms with Crippen LogP contribution in [0, 0.1) is 24.0 Å². The number of anilines is 1. The molecule has 0 heterocycles. The minimum Gasteiger partial charge on any atom is -0.506 e. The molecule has 0 spiro atoms. The van der Waals surface area contributed by atoms with Gasteiger partial charge in [0.2, 0.25) is 0 Å². The Labute approximate surface area is 127 Å². The lowest BCUT2D eigenvalue weighted by atomic mass is 10.1. The third-order valence-electron chi connectivity index (χ3n) is 3.35. The van der Waals surface area contributed by atoms with Gasteiger partial charge >= 0.3 is 0 Å². The van der Waals surface area contributed by atoms with Crippen molar-refractivity contribution in [2.24, 2.45) is 0 Å². The lowest BCUT2D eigenvalue weighted by Gasteiger charge is -2.11. The maximum atomic E-state index is 11.1. The van der Waals surface area contributed by atoms with Crippen molar-refractivity contribution in [3.05, 3.63) is 62.2 Å². The molecule has 0 saturated heterocycles. The van der Waals surface area contributed by atoms with Gasteiger partial charge in [0.15, 0.2) is 0 Å². The van der Waals surface area contributed by atoms with Gasteiger partial charge in [-0.2, -0.15) is 0 Å². The number of nitrogens with one attached hydrogen (secondary N) is 1. The van der Waals surface area contributed by atoms with Crippen molar-refractivity contribution in [1.29, 1.82) is 0 Å². The van der Waals surface area contributed by atoms with Crippen LogP contribution in [0.4, 0.5) is 11.4 Å². The summed E-state index contributed by atoms with van der Waals surface area (Å²) >= 11 is 5.84. The molecule has 6 heteroatoms. The van der Waals surface area contributed by atoms with Crippen molar-refractivity contribution >= 4 is 23.0 Å². The molecule has 21 heavy (non-hydrogen) atoms. The van der Waals surface area contributed by atoms with Crippen LogP contribution in [0.2, 0.25) is 5.02 Å². The van der Waals surface area contributed by atoms with Crippen molar-refractivity contribution in [2.45, 2.75) is 20.4 Å². The second-order valence-electron chi connectivity index (χ2n) is 4.81. The van der Waals surface area contributed by atoms with Crippen LogP contribution in [0.5, 0.6) is 5.75 Å². The van der Waals surface area contributed by atoms with E-state index in [0.717, 1.165) is 11.1 Å². The SMILES string of the molecule is Cc1cc(NCc2cccc(Cl)c2O)c([N+](=O)[O-])cc1C. The fourth-order valence-corrected chi connectivity index (χ4v) is 2.18. The number of para-hydroxylation sites is 1. The summed E-state index contributed by atoms with van der Waals surface area (Å²) < 4.78 is 0. The topological polar surface area (TPSA) is 75.4 Å². The molecule has 0 aromatic heterocycles. The van der Waals surface area contributed by atoms with Gasteiger partial charge in [-0.3, -0.25) is 10.1 Å². The molecule has 0 saturated carbocycles. The average molecular weight is 307 g/mol. The fourth-order valence-electron chi connectivity index (χ4n) is 1.99. The molecule has 0 fully saturated rings. The van der Waals surface area contributed by atoms with Crippen LogP contribution in [0.25, 0.3) is 0 Å². The Kier molecular flexibility index (Phi) is 4.33. The second-order valence-corrected chi connectivity index (χ2v) is 5.22. The van der Waals surface area contributed by atoms with E-state index in [1.54, 1.807) is 24.3 Å². The Morgan fingerprint density at radius 2 is 1.95 bits per heavy atom. The van der Waals surface area contributed by atoms with E-state index < -0.39 is 4.92 Å². The van der Waals surface area contributed by atoms with E-state index >= 15 is 0 Å². The highest BCUT2D eigenvalue weighted by molar-refractivity contribution is 6.32. The van der Waals surface area contributed by atoms with Gasteiger partial charge in [0, 0.05) is 18.2 Å². The van der Waals surface area contributed by atoms with Gasteiger partial charge in [0.05, 0.1) is 9.95 Å². The Hall–Kier alpha value is -2.27. The summed E-state index contributed by atoms with van der Waals surface area (Å²) in [6, 6.07) is 8.28. The fraction of sp³-hybridized carbons (Fsp3) is 0.200. The highest BCUT2D eigenvalue weighted by Crippen LogP contribution is 2.31. The molecule has 2 aromatic rings. The molecule has 2 rings (SSSR count). The Morgan fingerprint density at radius 3 is 2.62 bits per heavy atom. The molecule has 0 atom stereocenters. The molecule has 110 valence electrons. The largest absolute Gasteiger partial charge is 0.506 e. The Morgan fingerprint density at radius 1 is 1.29 bits per heavy atom. The van der Waals surface area contributed by atoms with Crippen molar-refractivity contribution in [1.82, 2.24) is 0 Å². The summed E-state index contributed by atoms with van der Waals surface area (Å²) in [7, 11) is 0. The van der Waals surface area contributed by atoms with Crippen molar-refractivity contribution in [3.63, 3.8) is 0 Å². The van der Waals surface area contributed by atoms with Gasteiger partial charge in [-0.15, -0.1) is 0 Å². The van der Waals surface area contributed by atoms with E-state index in [9.17, 15) is 15.2 Å². The Balaban J connectivity index is 2.29.